The van der Waals surface area contributed by atoms with Crippen molar-refractivity contribution < 1.29 is 0 Å². The van der Waals surface area contributed by atoms with Gasteiger partial charge in [-0.2, -0.15) is 0 Å². The van der Waals surface area contributed by atoms with Crippen molar-refractivity contribution in [1.29, 1.82) is 0 Å². The second-order valence-electron chi connectivity index (χ2n) is 3.78. The van der Waals surface area contributed by atoms with Crippen molar-refractivity contribution in [2.45, 2.75) is 0 Å². The average molecular weight is 236 g/mol. The molecule has 0 spiro atoms. The second-order valence-corrected chi connectivity index (χ2v) is 3.78. The molecule has 3 aromatic rings. The maximum absolute atomic E-state index is 11.9. The van der Waals surface area contributed by atoms with E-state index in [2.05, 4.69) is 14.9 Å². The molecular formula is C13H8N4O. The van der Waals surface area contributed by atoms with Gasteiger partial charge in [0.2, 0.25) is 5.69 Å². The SMILES string of the molecule is [C-]#[N+]c1c[nH]n2c(=O)cc(-c3ccccc3)nc12. The first-order valence-electron chi connectivity index (χ1n) is 5.33. The quantitative estimate of drug-likeness (QED) is 0.659. The lowest BCUT2D eigenvalue weighted by Crippen LogP contribution is -2.14. The molecule has 0 radical (unpaired) electrons. The number of benzene rings is 1. The van der Waals surface area contributed by atoms with Gasteiger partial charge >= 0.3 is 0 Å². The van der Waals surface area contributed by atoms with Gasteiger partial charge in [-0.1, -0.05) is 30.3 Å². The Morgan fingerprint density at radius 3 is 2.78 bits per heavy atom. The number of hydrogen-bond acceptors (Lipinski definition) is 2. The van der Waals surface area contributed by atoms with Crippen LogP contribution in [0.1, 0.15) is 0 Å². The number of fused-ring (bicyclic) bond motifs is 1. The zero-order valence-electron chi connectivity index (χ0n) is 9.29. The Bertz CT molecular complexity index is 808. The van der Waals surface area contributed by atoms with E-state index in [1.165, 1.54) is 16.8 Å². The van der Waals surface area contributed by atoms with Gasteiger partial charge in [-0.3, -0.25) is 4.79 Å². The molecule has 86 valence electrons. The van der Waals surface area contributed by atoms with Gasteiger partial charge < -0.3 is 5.10 Å². The number of H-pyrrole nitrogens is 1. The summed E-state index contributed by atoms with van der Waals surface area (Å²) in [5.74, 6) is 0. The Kier molecular flexibility index (Phi) is 2.21. The molecule has 0 atom stereocenters. The molecule has 1 N–H and O–H groups in total. The van der Waals surface area contributed by atoms with Crippen LogP contribution < -0.4 is 5.56 Å². The van der Waals surface area contributed by atoms with E-state index in [9.17, 15) is 4.79 Å². The van der Waals surface area contributed by atoms with Gasteiger partial charge in [-0.25, -0.2) is 14.3 Å². The first-order chi connectivity index (χ1) is 8.79. The minimum atomic E-state index is -0.228. The number of rotatable bonds is 1. The van der Waals surface area contributed by atoms with Crippen LogP contribution in [0.25, 0.3) is 21.7 Å². The lowest BCUT2D eigenvalue weighted by atomic mass is 10.1. The van der Waals surface area contributed by atoms with Crippen LogP contribution in [0.4, 0.5) is 5.69 Å². The van der Waals surface area contributed by atoms with E-state index in [1.807, 2.05) is 30.3 Å². The zero-order chi connectivity index (χ0) is 12.5. The van der Waals surface area contributed by atoms with Crippen LogP contribution in [0.5, 0.6) is 0 Å². The summed E-state index contributed by atoms with van der Waals surface area (Å²) in [6.07, 6.45) is 1.48. The molecule has 0 aliphatic heterocycles. The van der Waals surface area contributed by atoms with Crippen LogP contribution in [0.2, 0.25) is 0 Å². The zero-order valence-corrected chi connectivity index (χ0v) is 9.29. The Morgan fingerprint density at radius 1 is 1.28 bits per heavy atom. The summed E-state index contributed by atoms with van der Waals surface area (Å²) in [6.45, 7) is 7.04. The molecule has 18 heavy (non-hydrogen) atoms. The van der Waals surface area contributed by atoms with Crippen molar-refractivity contribution in [3.8, 4) is 11.3 Å². The number of aromatic nitrogens is 3. The van der Waals surface area contributed by atoms with Crippen molar-refractivity contribution in [3.05, 3.63) is 64.4 Å². The second kappa shape index (κ2) is 3.86. The highest BCUT2D eigenvalue weighted by atomic mass is 16.1. The molecule has 0 unspecified atom stereocenters. The van der Waals surface area contributed by atoms with Gasteiger partial charge in [0.05, 0.1) is 12.3 Å². The predicted molar refractivity (Wildman–Crippen MR) is 67.5 cm³/mol. The lowest BCUT2D eigenvalue weighted by Gasteiger charge is -2.01. The fourth-order valence-electron chi connectivity index (χ4n) is 1.81. The monoisotopic (exact) mass is 236 g/mol. The molecule has 0 fully saturated rings. The minimum absolute atomic E-state index is 0.228. The maximum atomic E-state index is 11.9. The van der Waals surface area contributed by atoms with Crippen molar-refractivity contribution in [3.63, 3.8) is 0 Å². The smallest absolute Gasteiger partial charge is 0.272 e. The molecule has 0 aliphatic rings. The third-order valence-electron chi connectivity index (χ3n) is 2.67. The largest absolute Gasteiger partial charge is 0.308 e. The molecule has 2 heterocycles. The Morgan fingerprint density at radius 2 is 2.06 bits per heavy atom. The summed E-state index contributed by atoms with van der Waals surface area (Å²) in [6, 6.07) is 10.9. The first-order valence-corrected chi connectivity index (χ1v) is 5.33. The van der Waals surface area contributed by atoms with Crippen LogP contribution in [-0.2, 0) is 0 Å². The number of aromatic amines is 1. The first kappa shape index (κ1) is 10.3. The Balaban J connectivity index is 2.34. The lowest BCUT2D eigenvalue weighted by molar-refractivity contribution is 0.901. The van der Waals surface area contributed by atoms with Crippen molar-refractivity contribution >= 4 is 11.3 Å². The molecule has 0 amide bonds. The topological polar surface area (TPSA) is 54.5 Å². The standard InChI is InChI=1S/C13H8N4O/c1-14-11-8-15-17-12(18)7-10(16-13(11)17)9-5-3-2-4-6-9/h2-8,15H. The summed E-state index contributed by atoms with van der Waals surface area (Å²) >= 11 is 0. The van der Waals surface area contributed by atoms with Gasteiger partial charge in [0.1, 0.15) is 0 Å². The van der Waals surface area contributed by atoms with Crippen LogP contribution in [0.3, 0.4) is 0 Å². The van der Waals surface area contributed by atoms with Crippen LogP contribution >= 0.6 is 0 Å². The van der Waals surface area contributed by atoms with Crippen molar-refractivity contribution in [2.75, 3.05) is 0 Å². The van der Waals surface area contributed by atoms with E-state index in [0.717, 1.165) is 5.56 Å². The number of hydrogen-bond donors (Lipinski definition) is 1. The van der Waals surface area contributed by atoms with E-state index >= 15 is 0 Å². The summed E-state index contributed by atoms with van der Waals surface area (Å²) in [4.78, 5) is 19.6. The van der Waals surface area contributed by atoms with Gasteiger partial charge in [0, 0.05) is 17.8 Å². The maximum Gasteiger partial charge on any atom is 0.272 e. The predicted octanol–water partition coefficient (Wildman–Crippen LogP) is 2.24. The highest BCUT2D eigenvalue weighted by molar-refractivity contribution is 5.71. The third-order valence-corrected chi connectivity index (χ3v) is 2.67. The van der Waals surface area contributed by atoms with Gasteiger partial charge in [0.15, 0.2) is 5.65 Å². The number of nitrogens with zero attached hydrogens (tertiary/aromatic N) is 3. The van der Waals surface area contributed by atoms with E-state index in [-0.39, 0.29) is 5.56 Å². The fraction of sp³-hybridized carbons (Fsp3) is 0. The summed E-state index contributed by atoms with van der Waals surface area (Å²) in [7, 11) is 0. The van der Waals surface area contributed by atoms with Gasteiger partial charge in [0.25, 0.3) is 5.56 Å². The van der Waals surface area contributed by atoms with E-state index in [4.69, 9.17) is 6.57 Å². The van der Waals surface area contributed by atoms with Crippen molar-refractivity contribution in [2.24, 2.45) is 0 Å². The Hall–Kier alpha value is -2.87. The minimum Gasteiger partial charge on any atom is -0.308 e. The van der Waals surface area contributed by atoms with Gasteiger partial charge in [-0.15, -0.1) is 0 Å². The molecule has 0 aliphatic carbocycles. The molecule has 0 saturated heterocycles. The molecule has 5 nitrogen and oxygen atoms in total. The third kappa shape index (κ3) is 1.48. The fourth-order valence-corrected chi connectivity index (χ4v) is 1.81. The highest BCUT2D eigenvalue weighted by Gasteiger charge is 2.09. The molecule has 1 aromatic carbocycles. The summed E-state index contributed by atoms with van der Waals surface area (Å²) < 4.78 is 1.26. The normalized spacial score (nSPS) is 10.4. The van der Waals surface area contributed by atoms with Crippen LogP contribution in [0.15, 0.2) is 47.4 Å². The molecular weight excluding hydrogens is 228 g/mol. The molecule has 5 heteroatoms. The Labute approximate surface area is 102 Å². The van der Waals surface area contributed by atoms with E-state index < -0.39 is 0 Å². The summed E-state index contributed by atoms with van der Waals surface area (Å²) in [5, 5.41) is 2.71. The summed E-state index contributed by atoms with van der Waals surface area (Å²) in [5.41, 5.74) is 1.90. The van der Waals surface area contributed by atoms with Crippen molar-refractivity contribution in [1.82, 2.24) is 14.6 Å². The van der Waals surface area contributed by atoms with Crippen LogP contribution in [-0.4, -0.2) is 14.6 Å². The molecule has 0 saturated carbocycles. The van der Waals surface area contributed by atoms with E-state index in [1.54, 1.807) is 0 Å². The van der Waals surface area contributed by atoms with Gasteiger partial charge in [-0.05, 0) is 0 Å². The van der Waals surface area contributed by atoms with Crippen LogP contribution in [0, 0.1) is 6.57 Å². The highest BCUT2D eigenvalue weighted by Crippen LogP contribution is 2.20. The molecule has 0 bridgehead atoms. The molecule has 2 aromatic heterocycles. The van der Waals surface area contributed by atoms with E-state index in [0.29, 0.717) is 17.0 Å². The average Bonchev–Trinajstić information content (AvgIpc) is 2.83. The molecule has 3 rings (SSSR count). The number of nitrogens with one attached hydrogen (secondary N) is 1.